The van der Waals surface area contributed by atoms with Crippen LogP contribution in [-0.4, -0.2) is 45.4 Å². The van der Waals surface area contributed by atoms with Gasteiger partial charge in [0.15, 0.2) is 6.61 Å². The number of benzene rings is 2. The van der Waals surface area contributed by atoms with Crippen molar-refractivity contribution in [1.82, 2.24) is 4.31 Å². The number of hydrogen-bond donors (Lipinski definition) is 1. The van der Waals surface area contributed by atoms with Crippen LogP contribution in [0.1, 0.15) is 30.5 Å². The van der Waals surface area contributed by atoms with E-state index in [0.717, 1.165) is 16.7 Å². The molecule has 2 aromatic carbocycles. The lowest BCUT2D eigenvalue weighted by Crippen LogP contribution is -2.30. The highest BCUT2D eigenvalue weighted by Crippen LogP contribution is 2.29. The molecule has 0 heterocycles. The number of anilines is 1. The van der Waals surface area contributed by atoms with E-state index in [1.807, 2.05) is 32.9 Å². The highest BCUT2D eigenvalue weighted by Gasteiger charge is 2.23. The van der Waals surface area contributed by atoms with Crippen molar-refractivity contribution in [1.29, 1.82) is 0 Å². The van der Waals surface area contributed by atoms with Crippen LogP contribution in [-0.2, 0) is 14.8 Å². The van der Waals surface area contributed by atoms with Gasteiger partial charge in [0, 0.05) is 13.1 Å². The smallest absolute Gasteiger partial charge is 0.262 e. The zero-order valence-corrected chi connectivity index (χ0v) is 19.2. The fourth-order valence-electron chi connectivity index (χ4n) is 3.13. The zero-order chi connectivity index (χ0) is 22.5. The monoisotopic (exact) mass is 434 g/mol. The predicted octanol–water partition coefficient (Wildman–Crippen LogP) is 3.67. The Morgan fingerprint density at radius 2 is 1.67 bits per heavy atom. The molecule has 0 aromatic heterocycles. The molecule has 0 atom stereocenters. The summed E-state index contributed by atoms with van der Waals surface area (Å²) in [7, 11) is -2.20. The van der Waals surface area contributed by atoms with Crippen LogP contribution in [0.2, 0.25) is 0 Å². The van der Waals surface area contributed by atoms with Gasteiger partial charge in [-0.15, -0.1) is 0 Å². The van der Waals surface area contributed by atoms with Crippen LogP contribution < -0.4 is 14.8 Å². The Bertz CT molecular complexity index is 1010. The fraction of sp³-hybridized carbons (Fsp3) is 0.409. The van der Waals surface area contributed by atoms with Crippen LogP contribution in [0.15, 0.2) is 35.2 Å². The van der Waals surface area contributed by atoms with E-state index in [-0.39, 0.29) is 17.2 Å². The number of sulfonamides is 1. The molecule has 0 bridgehead atoms. The second-order valence-corrected chi connectivity index (χ2v) is 8.88. The third-order valence-electron chi connectivity index (χ3n) is 5.01. The molecule has 2 aromatic rings. The molecular weight excluding hydrogens is 404 g/mol. The summed E-state index contributed by atoms with van der Waals surface area (Å²) in [6.07, 6.45) is 0. The minimum atomic E-state index is -3.66. The minimum absolute atomic E-state index is 0.0913. The molecule has 0 aliphatic heterocycles. The molecule has 1 amide bonds. The second-order valence-electron chi connectivity index (χ2n) is 6.94. The Kier molecular flexibility index (Phi) is 7.86. The minimum Gasteiger partial charge on any atom is -0.495 e. The Balaban J connectivity index is 2.23. The number of nitrogens with zero attached hydrogens (tertiary/aromatic N) is 1. The molecule has 0 spiro atoms. The number of methoxy groups -OCH3 is 1. The van der Waals surface area contributed by atoms with Crippen LogP contribution in [0, 0.1) is 20.8 Å². The quantitative estimate of drug-likeness (QED) is 0.651. The first-order chi connectivity index (χ1) is 14.1. The van der Waals surface area contributed by atoms with Gasteiger partial charge in [-0.2, -0.15) is 4.31 Å². The number of aryl methyl sites for hydroxylation is 2. The van der Waals surface area contributed by atoms with Crippen molar-refractivity contribution in [3.05, 3.63) is 47.0 Å². The summed E-state index contributed by atoms with van der Waals surface area (Å²) in [4.78, 5) is 12.6. The molecule has 0 aliphatic rings. The average molecular weight is 435 g/mol. The molecule has 7 nitrogen and oxygen atoms in total. The third kappa shape index (κ3) is 5.12. The standard InChI is InChI=1S/C22H30N2O5S/c1-7-24(8-2)30(26,27)18-11-12-20(28-6)19(13-18)23-21(25)14-29-22-16(4)10-9-15(3)17(22)5/h9-13H,7-8,14H2,1-6H3,(H,23,25). The third-order valence-corrected chi connectivity index (χ3v) is 7.06. The maximum atomic E-state index is 12.8. The van der Waals surface area contributed by atoms with Gasteiger partial charge in [0.1, 0.15) is 11.5 Å². The van der Waals surface area contributed by atoms with Gasteiger partial charge in [0.25, 0.3) is 5.91 Å². The van der Waals surface area contributed by atoms with Crippen molar-refractivity contribution in [2.45, 2.75) is 39.5 Å². The van der Waals surface area contributed by atoms with Gasteiger partial charge in [-0.1, -0.05) is 26.0 Å². The van der Waals surface area contributed by atoms with Crippen molar-refractivity contribution in [3.63, 3.8) is 0 Å². The number of carbonyl (C=O) groups is 1. The largest absolute Gasteiger partial charge is 0.495 e. The normalized spacial score (nSPS) is 11.4. The van der Waals surface area contributed by atoms with E-state index in [4.69, 9.17) is 9.47 Å². The first kappa shape index (κ1) is 23.7. The zero-order valence-electron chi connectivity index (χ0n) is 18.4. The fourth-order valence-corrected chi connectivity index (χ4v) is 4.61. The summed E-state index contributed by atoms with van der Waals surface area (Å²) in [5, 5.41) is 2.70. The average Bonchev–Trinajstić information content (AvgIpc) is 2.71. The van der Waals surface area contributed by atoms with Crippen LogP contribution >= 0.6 is 0 Å². The van der Waals surface area contributed by atoms with E-state index < -0.39 is 15.9 Å². The molecule has 0 saturated heterocycles. The van der Waals surface area contributed by atoms with Gasteiger partial charge in [0.2, 0.25) is 10.0 Å². The molecule has 0 saturated carbocycles. The summed E-state index contributed by atoms with van der Waals surface area (Å²) in [6, 6.07) is 8.36. The number of ether oxygens (including phenoxy) is 2. The van der Waals surface area contributed by atoms with Crippen LogP contribution in [0.3, 0.4) is 0 Å². The van der Waals surface area contributed by atoms with E-state index in [2.05, 4.69) is 5.32 Å². The summed E-state index contributed by atoms with van der Waals surface area (Å²) in [5.74, 6) is 0.630. The van der Waals surface area contributed by atoms with E-state index >= 15 is 0 Å². The molecule has 1 N–H and O–H groups in total. The Hall–Kier alpha value is -2.58. The predicted molar refractivity (Wildman–Crippen MR) is 118 cm³/mol. The Labute approximate surface area is 179 Å². The van der Waals surface area contributed by atoms with Crippen molar-refractivity contribution in [2.75, 3.05) is 32.1 Å². The SMILES string of the molecule is CCN(CC)S(=O)(=O)c1ccc(OC)c(NC(=O)COc2c(C)ccc(C)c2C)c1. The van der Waals surface area contributed by atoms with Gasteiger partial charge < -0.3 is 14.8 Å². The first-order valence-corrected chi connectivity index (χ1v) is 11.3. The molecule has 0 fully saturated rings. The van der Waals surface area contributed by atoms with Gasteiger partial charge in [-0.25, -0.2) is 8.42 Å². The molecule has 0 unspecified atom stereocenters. The maximum absolute atomic E-state index is 12.8. The van der Waals surface area contributed by atoms with Crippen molar-refractivity contribution in [2.24, 2.45) is 0 Å². The number of hydrogen-bond acceptors (Lipinski definition) is 5. The maximum Gasteiger partial charge on any atom is 0.262 e. The Morgan fingerprint density at radius 1 is 1.03 bits per heavy atom. The molecule has 0 aliphatic carbocycles. The van der Waals surface area contributed by atoms with Gasteiger partial charge >= 0.3 is 0 Å². The number of amides is 1. The second kappa shape index (κ2) is 9.95. The van der Waals surface area contributed by atoms with Gasteiger partial charge in [-0.05, 0) is 55.7 Å². The summed E-state index contributed by atoms with van der Waals surface area (Å²) < 4.78 is 38.0. The first-order valence-electron chi connectivity index (χ1n) is 9.83. The van der Waals surface area contributed by atoms with Gasteiger partial charge in [-0.3, -0.25) is 4.79 Å². The van der Waals surface area contributed by atoms with Crippen molar-refractivity contribution >= 4 is 21.6 Å². The summed E-state index contributed by atoms with van der Waals surface area (Å²) >= 11 is 0. The molecule has 8 heteroatoms. The molecule has 2 rings (SSSR count). The van der Waals surface area contributed by atoms with Crippen LogP contribution in [0.5, 0.6) is 11.5 Å². The molecular formula is C22H30N2O5S. The van der Waals surface area contributed by atoms with Crippen LogP contribution in [0.25, 0.3) is 0 Å². The van der Waals surface area contributed by atoms with E-state index in [1.165, 1.54) is 29.6 Å². The number of nitrogens with one attached hydrogen (secondary N) is 1. The van der Waals surface area contributed by atoms with Crippen molar-refractivity contribution < 1.29 is 22.7 Å². The molecule has 30 heavy (non-hydrogen) atoms. The van der Waals surface area contributed by atoms with E-state index in [9.17, 15) is 13.2 Å². The lowest BCUT2D eigenvalue weighted by molar-refractivity contribution is -0.118. The summed E-state index contributed by atoms with van der Waals surface area (Å²) in [5.41, 5.74) is 3.27. The van der Waals surface area contributed by atoms with Gasteiger partial charge in [0.05, 0.1) is 17.7 Å². The van der Waals surface area contributed by atoms with E-state index in [1.54, 1.807) is 13.8 Å². The topological polar surface area (TPSA) is 84.9 Å². The van der Waals surface area contributed by atoms with E-state index in [0.29, 0.717) is 24.6 Å². The number of rotatable bonds is 9. The number of carbonyl (C=O) groups excluding carboxylic acids is 1. The highest BCUT2D eigenvalue weighted by molar-refractivity contribution is 7.89. The Morgan fingerprint density at radius 3 is 2.27 bits per heavy atom. The van der Waals surface area contributed by atoms with Crippen LogP contribution in [0.4, 0.5) is 5.69 Å². The molecule has 164 valence electrons. The lowest BCUT2D eigenvalue weighted by Gasteiger charge is -2.20. The lowest BCUT2D eigenvalue weighted by atomic mass is 10.1. The highest BCUT2D eigenvalue weighted by atomic mass is 32.2. The van der Waals surface area contributed by atoms with Crippen molar-refractivity contribution in [3.8, 4) is 11.5 Å². The summed E-state index contributed by atoms with van der Waals surface area (Å²) in [6.45, 7) is 9.91. The molecule has 0 radical (unpaired) electrons.